The number of nitrogens with zero attached hydrogens (tertiary/aromatic N) is 2. The molecule has 1 aromatic heterocycles. The van der Waals surface area contributed by atoms with Crippen LogP contribution in [-0.4, -0.2) is 22.1 Å². The van der Waals surface area contributed by atoms with E-state index in [-0.39, 0.29) is 11.9 Å². The van der Waals surface area contributed by atoms with Crippen molar-refractivity contribution in [2.24, 2.45) is 0 Å². The zero-order valence-electron chi connectivity index (χ0n) is 10.7. The molecule has 1 aromatic rings. The van der Waals surface area contributed by atoms with E-state index in [0.29, 0.717) is 5.92 Å². The van der Waals surface area contributed by atoms with Gasteiger partial charge in [0, 0.05) is 18.4 Å². The fourth-order valence-corrected chi connectivity index (χ4v) is 2.32. The summed E-state index contributed by atoms with van der Waals surface area (Å²) in [7, 11) is 0. The molecule has 18 heavy (non-hydrogen) atoms. The van der Waals surface area contributed by atoms with Gasteiger partial charge in [0.05, 0.1) is 0 Å². The molecular formula is C13H19N3O2. The fourth-order valence-electron chi connectivity index (χ4n) is 2.32. The molecule has 1 heterocycles. The van der Waals surface area contributed by atoms with E-state index in [2.05, 4.69) is 22.0 Å². The Morgan fingerprint density at radius 1 is 1.50 bits per heavy atom. The zero-order valence-corrected chi connectivity index (χ0v) is 10.7. The van der Waals surface area contributed by atoms with Crippen LogP contribution in [0.25, 0.3) is 0 Å². The molecule has 5 nitrogen and oxygen atoms in total. The molecule has 0 radical (unpaired) electrons. The highest BCUT2D eigenvalue weighted by atomic mass is 16.5. The van der Waals surface area contributed by atoms with Gasteiger partial charge in [0.15, 0.2) is 5.82 Å². The Bertz CT molecular complexity index is 420. The Labute approximate surface area is 107 Å². The van der Waals surface area contributed by atoms with Gasteiger partial charge in [0.1, 0.15) is 0 Å². The first-order chi connectivity index (χ1) is 8.72. The summed E-state index contributed by atoms with van der Waals surface area (Å²) in [6.07, 6.45) is 5.98. The third-order valence-corrected chi connectivity index (χ3v) is 3.41. The average molecular weight is 249 g/mol. The van der Waals surface area contributed by atoms with Gasteiger partial charge in [0.25, 0.3) is 0 Å². The third-order valence-electron chi connectivity index (χ3n) is 3.41. The predicted octanol–water partition coefficient (Wildman–Crippen LogP) is 1.96. The van der Waals surface area contributed by atoms with E-state index in [1.165, 1.54) is 6.08 Å². The summed E-state index contributed by atoms with van der Waals surface area (Å²) in [6.45, 7) is 5.47. The van der Waals surface area contributed by atoms with Gasteiger partial charge in [-0.1, -0.05) is 18.7 Å². The highest BCUT2D eigenvalue weighted by Gasteiger charge is 2.26. The van der Waals surface area contributed by atoms with Crippen molar-refractivity contribution in [3.8, 4) is 0 Å². The van der Waals surface area contributed by atoms with Gasteiger partial charge in [-0.2, -0.15) is 4.98 Å². The van der Waals surface area contributed by atoms with E-state index in [4.69, 9.17) is 4.52 Å². The molecule has 0 unspecified atom stereocenters. The van der Waals surface area contributed by atoms with E-state index in [9.17, 15) is 4.79 Å². The molecule has 0 bridgehead atoms. The SMILES string of the molecule is C=CC(=O)NC1CCC(c2nc(CC)no2)CC1. The molecule has 1 fully saturated rings. The minimum atomic E-state index is -0.0930. The van der Waals surface area contributed by atoms with E-state index >= 15 is 0 Å². The number of aromatic nitrogens is 2. The third kappa shape index (κ3) is 2.97. The Morgan fingerprint density at radius 3 is 2.78 bits per heavy atom. The normalized spacial score (nSPS) is 23.6. The van der Waals surface area contributed by atoms with Crippen LogP contribution in [0.15, 0.2) is 17.2 Å². The molecular weight excluding hydrogens is 230 g/mol. The van der Waals surface area contributed by atoms with Crippen molar-refractivity contribution in [3.05, 3.63) is 24.4 Å². The summed E-state index contributed by atoms with van der Waals surface area (Å²) in [6, 6.07) is 0.250. The van der Waals surface area contributed by atoms with Crippen LogP contribution in [0.4, 0.5) is 0 Å². The van der Waals surface area contributed by atoms with Gasteiger partial charge in [-0.15, -0.1) is 0 Å². The van der Waals surface area contributed by atoms with Crippen molar-refractivity contribution < 1.29 is 9.32 Å². The summed E-state index contributed by atoms with van der Waals surface area (Å²) in [5.74, 6) is 1.77. The maximum atomic E-state index is 11.2. The standard InChI is InChI=1S/C13H19N3O2/c1-3-11-15-13(18-16-11)9-5-7-10(8-6-9)14-12(17)4-2/h4,9-10H,2-3,5-8H2,1H3,(H,14,17). The second-order valence-electron chi connectivity index (χ2n) is 4.66. The monoisotopic (exact) mass is 249 g/mol. The highest BCUT2D eigenvalue weighted by molar-refractivity contribution is 5.87. The van der Waals surface area contributed by atoms with Crippen molar-refractivity contribution in [2.45, 2.75) is 51.0 Å². The van der Waals surface area contributed by atoms with Gasteiger partial charge in [-0.25, -0.2) is 0 Å². The number of amides is 1. The van der Waals surface area contributed by atoms with Gasteiger partial charge >= 0.3 is 0 Å². The zero-order chi connectivity index (χ0) is 13.0. The van der Waals surface area contributed by atoms with E-state index < -0.39 is 0 Å². The number of carbonyl (C=O) groups excluding carboxylic acids is 1. The minimum absolute atomic E-state index is 0.0930. The number of hydrogen-bond donors (Lipinski definition) is 1. The first kappa shape index (κ1) is 12.8. The molecule has 2 rings (SSSR count). The van der Waals surface area contributed by atoms with Gasteiger partial charge in [0.2, 0.25) is 11.8 Å². The molecule has 0 aliphatic heterocycles. The lowest BCUT2D eigenvalue weighted by Crippen LogP contribution is -2.36. The van der Waals surface area contributed by atoms with Crippen LogP contribution in [0, 0.1) is 0 Å². The lowest BCUT2D eigenvalue weighted by molar-refractivity contribution is -0.117. The molecule has 1 aliphatic carbocycles. The van der Waals surface area contributed by atoms with Crippen molar-refractivity contribution in [3.63, 3.8) is 0 Å². The van der Waals surface area contributed by atoms with Gasteiger partial charge < -0.3 is 9.84 Å². The molecule has 0 saturated heterocycles. The molecule has 98 valence electrons. The summed E-state index contributed by atoms with van der Waals surface area (Å²) in [5.41, 5.74) is 0. The van der Waals surface area contributed by atoms with Crippen LogP contribution in [0.2, 0.25) is 0 Å². The fraction of sp³-hybridized carbons (Fsp3) is 0.615. The molecule has 1 N–H and O–H groups in total. The molecule has 0 spiro atoms. The smallest absolute Gasteiger partial charge is 0.243 e. The van der Waals surface area contributed by atoms with Crippen molar-refractivity contribution in [1.82, 2.24) is 15.5 Å². The summed E-state index contributed by atoms with van der Waals surface area (Å²) in [4.78, 5) is 15.6. The summed E-state index contributed by atoms with van der Waals surface area (Å²) >= 11 is 0. The number of carbonyl (C=O) groups is 1. The maximum absolute atomic E-state index is 11.2. The highest BCUT2D eigenvalue weighted by Crippen LogP contribution is 2.31. The Balaban J connectivity index is 1.86. The van der Waals surface area contributed by atoms with Crippen LogP contribution in [0.5, 0.6) is 0 Å². The number of nitrogens with one attached hydrogen (secondary N) is 1. The Kier molecular flexibility index (Phi) is 4.12. The summed E-state index contributed by atoms with van der Waals surface area (Å²) < 4.78 is 5.27. The largest absolute Gasteiger partial charge is 0.350 e. The van der Waals surface area contributed by atoms with Crippen LogP contribution < -0.4 is 5.32 Å². The lowest BCUT2D eigenvalue weighted by Gasteiger charge is -2.26. The van der Waals surface area contributed by atoms with Crippen molar-refractivity contribution in [1.29, 1.82) is 0 Å². The van der Waals surface area contributed by atoms with Gasteiger partial charge in [-0.3, -0.25) is 4.79 Å². The van der Waals surface area contributed by atoms with Crippen LogP contribution >= 0.6 is 0 Å². The minimum Gasteiger partial charge on any atom is -0.350 e. The molecule has 1 amide bonds. The Hall–Kier alpha value is -1.65. The quantitative estimate of drug-likeness (QED) is 0.828. The van der Waals surface area contributed by atoms with Gasteiger partial charge in [-0.05, 0) is 31.8 Å². The van der Waals surface area contributed by atoms with E-state index in [1.807, 2.05) is 6.92 Å². The Morgan fingerprint density at radius 2 is 2.22 bits per heavy atom. The number of rotatable bonds is 4. The molecule has 1 saturated carbocycles. The number of aryl methyl sites for hydroxylation is 1. The van der Waals surface area contributed by atoms with Crippen LogP contribution in [-0.2, 0) is 11.2 Å². The van der Waals surface area contributed by atoms with E-state index in [0.717, 1.165) is 43.8 Å². The van der Waals surface area contributed by atoms with Crippen LogP contribution in [0.3, 0.4) is 0 Å². The van der Waals surface area contributed by atoms with Crippen molar-refractivity contribution in [2.75, 3.05) is 0 Å². The molecule has 1 aliphatic rings. The molecule has 0 atom stereocenters. The summed E-state index contributed by atoms with van der Waals surface area (Å²) in [5, 5.41) is 6.85. The second kappa shape index (κ2) is 5.80. The number of hydrogen-bond acceptors (Lipinski definition) is 4. The van der Waals surface area contributed by atoms with E-state index in [1.54, 1.807) is 0 Å². The second-order valence-corrected chi connectivity index (χ2v) is 4.66. The van der Waals surface area contributed by atoms with Crippen LogP contribution in [0.1, 0.15) is 50.2 Å². The molecule has 5 heteroatoms. The first-order valence-corrected chi connectivity index (χ1v) is 6.48. The maximum Gasteiger partial charge on any atom is 0.243 e. The lowest BCUT2D eigenvalue weighted by atomic mass is 9.86. The predicted molar refractivity (Wildman–Crippen MR) is 67.0 cm³/mol. The first-order valence-electron chi connectivity index (χ1n) is 6.48. The average Bonchev–Trinajstić information content (AvgIpc) is 2.88. The van der Waals surface area contributed by atoms with Crippen molar-refractivity contribution >= 4 is 5.91 Å². The topological polar surface area (TPSA) is 68.0 Å². The molecule has 0 aromatic carbocycles.